The molecule has 0 fully saturated rings. The predicted molar refractivity (Wildman–Crippen MR) is 350 cm³/mol. The minimum absolute atomic E-state index is 0.217. The summed E-state index contributed by atoms with van der Waals surface area (Å²) >= 11 is 3.86. The van der Waals surface area contributed by atoms with Gasteiger partial charge in [-0.05, 0) is 109 Å². The SMILES string of the molecule is CC(=O)O.COc1cc(/C=c2\sc3nc(-c4ccccc4C)nn3c2=O)cc(OC)c1OC.COc1cc(/C=c2\sc3nc(-c4ccccc4C)nn3c2=O)cc(OC)c1OC.COc1cc(/C=c2\sc3nc(-c4ccccc4C)nn3c2=O)cc(OC)c1OC. The summed E-state index contributed by atoms with van der Waals surface area (Å²) in [6.45, 7) is 7.06. The lowest BCUT2D eigenvalue weighted by Gasteiger charge is -2.12. The highest BCUT2D eigenvalue weighted by Crippen LogP contribution is 2.41. The maximum atomic E-state index is 12.8. The van der Waals surface area contributed by atoms with Crippen molar-refractivity contribution >= 4 is 73.1 Å². The van der Waals surface area contributed by atoms with Crippen LogP contribution in [0.1, 0.15) is 40.3 Å². The van der Waals surface area contributed by atoms with Gasteiger partial charge in [0.05, 0.1) is 77.6 Å². The average Bonchev–Trinajstić information content (AvgIpc) is 1.72. The first-order chi connectivity index (χ1) is 43.9. The highest BCUT2D eigenvalue weighted by Gasteiger charge is 2.20. The Hall–Kier alpha value is -10.7. The third kappa shape index (κ3) is 14.0. The van der Waals surface area contributed by atoms with Gasteiger partial charge in [-0.3, -0.25) is 19.2 Å². The Bertz CT molecular complexity index is 4450. The van der Waals surface area contributed by atoms with E-state index in [4.69, 9.17) is 52.5 Å². The maximum Gasteiger partial charge on any atom is 0.300 e. The topological polar surface area (TPSA) is 262 Å². The summed E-state index contributed by atoms with van der Waals surface area (Å²) in [6.07, 6.45) is 5.30. The molecule has 6 heterocycles. The summed E-state index contributed by atoms with van der Waals surface area (Å²) in [4.78, 5) is 62.8. The molecule has 12 aromatic rings. The van der Waals surface area contributed by atoms with Crippen molar-refractivity contribution < 1.29 is 52.5 Å². The van der Waals surface area contributed by atoms with Crippen LogP contribution in [0.4, 0.5) is 0 Å². The second-order valence-corrected chi connectivity index (χ2v) is 22.5. The van der Waals surface area contributed by atoms with Gasteiger partial charge in [0.25, 0.3) is 22.6 Å². The van der Waals surface area contributed by atoms with Crippen molar-refractivity contribution in [3.05, 3.63) is 187 Å². The van der Waals surface area contributed by atoms with Crippen molar-refractivity contribution in [1.82, 2.24) is 43.8 Å². The lowest BCUT2D eigenvalue weighted by atomic mass is 10.1. The van der Waals surface area contributed by atoms with Crippen molar-refractivity contribution in [2.75, 3.05) is 64.0 Å². The van der Waals surface area contributed by atoms with Gasteiger partial charge >= 0.3 is 0 Å². The van der Waals surface area contributed by atoms with Crippen LogP contribution in [0.25, 0.3) is 67.3 Å². The average molecular weight is 1290 g/mol. The fourth-order valence-corrected chi connectivity index (χ4v) is 12.0. The van der Waals surface area contributed by atoms with Crippen molar-refractivity contribution in [3.8, 4) is 85.9 Å². The van der Waals surface area contributed by atoms with Gasteiger partial charge in [-0.1, -0.05) is 107 Å². The number of aromatic nitrogens is 9. The smallest absolute Gasteiger partial charge is 0.300 e. The monoisotopic (exact) mass is 1290 g/mol. The molecule has 0 radical (unpaired) electrons. The first-order valence-corrected chi connectivity index (χ1v) is 29.9. The Labute approximate surface area is 531 Å². The van der Waals surface area contributed by atoms with Crippen LogP contribution in [0.5, 0.6) is 51.7 Å². The standard InChI is InChI=1S/3C21H19N3O4S.C2H4O2/c3*1-12-7-5-6-8-14(12)19-22-21-24(23-19)20(25)17(29-21)11-13-9-15(26-2)18(28-4)16(10-13)27-3;1-2(3)4/h3*5-11H,1-4H3;1H3,(H,3,4)/b3*17-11-;. The quantitative estimate of drug-likeness (QED) is 0.101. The Balaban J connectivity index is 0.000000157. The second kappa shape index (κ2) is 28.6. The number of benzene rings is 6. The van der Waals surface area contributed by atoms with Crippen LogP contribution in [0.15, 0.2) is 124 Å². The summed E-state index contributed by atoms with van der Waals surface area (Å²) in [5.41, 5.74) is 7.52. The zero-order chi connectivity index (χ0) is 65.2. The summed E-state index contributed by atoms with van der Waals surface area (Å²) < 4.78 is 53.9. The normalized spacial score (nSPS) is 11.5. The van der Waals surface area contributed by atoms with Gasteiger partial charge in [0.15, 0.2) is 52.0 Å². The molecule has 0 amide bonds. The first kappa shape index (κ1) is 64.8. The number of hydrogen-bond acceptors (Lipinski definition) is 22. The number of aryl methyl sites for hydroxylation is 3. The van der Waals surface area contributed by atoms with E-state index in [1.807, 2.05) is 93.6 Å². The lowest BCUT2D eigenvalue weighted by molar-refractivity contribution is -0.134. The van der Waals surface area contributed by atoms with Crippen molar-refractivity contribution in [2.45, 2.75) is 27.7 Å². The van der Waals surface area contributed by atoms with Crippen LogP contribution in [-0.4, -0.2) is 119 Å². The molecule has 0 spiro atoms. The van der Waals surface area contributed by atoms with Crippen LogP contribution in [0.2, 0.25) is 0 Å². The first-order valence-electron chi connectivity index (χ1n) is 27.4. The van der Waals surface area contributed by atoms with E-state index in [0.717, 1.165) is 57.0 Å². The van der Waals surface area contributed by atoms with E-state index in [1.54, 1.807) is 119 Å². The number of rotatable bonds is 15. The predicted octanol–water partition coefficient (Wildman–Crippen LogP) is 8.19. The molecule has 6 aromatic heterocycles. The molecule has 0 bridgehead atoms. The second-order valence-electron chi connectivity index (χ2n) is 19.5. The number of carboxylic acid groups (broad SMARTS) is 1. The molecule has 12 rings (SSSR count). The summed E-state index contributed by atoms with van der Waals surface area (Å²) in [5, 5.41) is 20.7. The van der Waals surface area contributed by atoms with Gasteiger partial charge in [-0.15, -0.1) is 15.3 Å². The summed E-state index contributed by atoms with van der Waals surface area (Å²) in [6, 6.07) is 34.2. The number of fused-ring (bicyclic) bond motifs is 3. The third-order valence-electron chi connectivity index (χ3n) is 13.7. The Morgan fingerprint density at radius 2 is 0.615 bits per heavy atom. The van der Waals surface area contributed by atoms with Gasteiger partial charge in [0, 0.05) is 23.6 Å². The molecular formula is C65H61N9O14S3. The molecule has 468 valence electrons. The van der Waals surface area contributed by atoms with Gasteiger partial charge in [-0.2, -0.15) is 28.5 Å². The molecule has 1 N–H and O–H groups in total. The van der Waals surface area contributed by atoms with E-state index in [9.17, 15) is 14.4 Å². The number of carbonyl (C=O) groups is 1. The molecule has 91 heavy (non-hydrogen) atoms. The highest BCUT2D eigenvalue weighted by atomic mass is 32.1. The largest absolute Gasteiger partial charge is 0.493 e. The maximum absolute atomic E-state index is 12.8. The molecule has 26 heteroatoms. The van der Waals surface area contributed by atoms with Gasteiger partial charge < -0.3 is 47.7 Å². The number of methoxy groups -OCH3 is 9. The molecule has 0 aliphatic heterocycles. The van der Waals surface area contributed by atoms with E-state index >= 15 is 0 Å². The lowest BCUT2D eigenvalue weighted by Crippen LogP contribution is -2.23. The molecule has 0 atom stereocenters. The molecule has 0 aliphatic carbocycles. The molecule has 0 saturated heterocycles. The summed E-state index contributed by atoms with van der Waals surface area (Å²) in [7, 11) is 14.0. The van der Waals surface area contributed by atoms with Crippen molar-refractivity contribution in [1.29, 1.82) is 0 Å². The fraction of sp³-hybridized carbons (Fsp3) is 0.200. The molecule has 23 nitrogen and oxygen atoms in total. The van der Waals surface area contributed by atoms with E-state index in [0.29, 0.717) is 97.7 Å². The Morgan fingerprint density at radius 3 is 0.802 bits per heavy atom. The number of thiazole rings is 3. The van der Waals surface area contributed by atoms with Gasteiger partial charge in [0.1, 0.15) is 0 Å². The van der Waals surface area contributed by atoms with Crippen LogP contribution >= 0.6 is 34.0 Å². The van der Waals surface area contributed by atoms with Crippen LogP contribution < -0.4 is 72.9 Å². The zero-order valence-electron chi connectivity index (χ0n) is 51.6. The summed E-state index contributed by atoms with van der Waals surface area (Å²) in [5.74, 6) is 5.43. The van der Waals surface area contributed by atoms with Crippen molar-refractivity contribution in [3.63, 3.8) is 0 Å². The zero-order valence-corrected chi connectivity index (χ0v) is 54.1. The Morgan fingerprint density at radius 1 is 0.396 bits per heavy atom. The van der Waals surface area contributed by atoms with Crippen LogP contribution in [-0.2, 0) is 4.79 Å². The molecule has 0 saturated carbocycles. The number of ether oxygens (including phenoxy) is 9. The number of nitrogens with zero attached hydrogens (tertiary/aromatic N) is 9. The molecule has 0 aliphatic rings. The number of carboxylic acids is 1. The van der Waals surface area contributed by atoms with E-state index in [2.05, 4.69) is 30.2 Å². The highest BCUT2D eigenvalue weighted by molar-refractivity contribution is 7.15. The minimum atomic E-state index is -0.833. The molecular weight excluding hydrogens is 1230 g/mol. The van der Waals surface area contributed by atoms with E-state index < -0.39 is 5.97 Å². The minimum Gasteiger partial charge on any atom is -0.493 e. The number of aliphatic carboxylic acids is 1. The number of hydrogen-bond donors (Lipinski definition) is 1. The Kier molecular flexibility index (Phi) is 20.4. The van der Waals surface area contributed by atoms with Crippen LogP contribution in [0.3, 0.4) is 0 Å². The molecule has 0 unspecified atom stereocenters. The third-order valence-corrected chi connectivity index (χ3v) is 16.5. The van der Waals surface area contributed by atoms with Gasteiger partial charge in [-0.25, -0.2) is 0 Å². The van der Waals surface area contributed by atoms with E-state index in [-0.39, 0.29) is 16.7 Å². The van der Waals surface area contributed by atoms with Crippen LogP contribution in [0, 0.1) is 20.8 Å². The fourth-order valence-electron chi connectivity index (χ4n) is 9.32. The molecule has 6 aromatic carbocycles. The van der Waals surface area contributed by atoms with E-state index in [1.165, 1.54) is 47.6 Å². The van der Waals surface area contributed by atoms with Gasteiger partial charge in [0.2, 0.25) is 32.1 Å². The van der Waals surface area contributed by atoms with Crippen molar-refractivity contribution in [2.24, 2.45) is 0 Å².